The van der Waals surface area contributed by atoms with Crippen LogP contribution in [0.4, 0.5) is 0 Å². The summed E-state index contributed by atoms with van der Waals surface area (Å²) >= 11 is 0. The van der Waals surface area contributed by atoms with Crippen molar-refractivity contribution in [3.8, 4) is 5.75 Å². The highest BCUT2D eigenvalue weighted by atomic mass is 16.5. The van der Waals surface area contributed by atoms with Gasteiger partial charge in [0.15, 0.2) is 0 Å². The van der Waals surface area contributed by atoms with Gasteiger partial charge < -0.3 is 14.6 Å². The molecule has 0 aliphatic heterocycles. The molecule has 0 spiro atoms. The Morgan fingerprint density at radius 2 is 1.68 bits per heavy atom. The van der Waals surface area contributed by atoms with Crippen molar-refractivity contribution in [2.75, 3.05) is 6.61 Å². The number of carbonyl (C=O) groups excluding carboxylic acids is 1. The monoisotopic (exact) mass is 413 g/mol. The third-order valence-electron chi connectivity index (χ3n) is 5.66. The van der Waals surface area contributed by atoms with Gasteiger partial charge in [0.1, 0.15) is 18.2 Å². The summed E-state index contributed by atoms with van der Waals surface area (Å²) in [6, 6.07) is 21.7. The summed E-state index contributed by atoms with van der Waals surface area (Å²) in [4.78, 5) is 17.4. The number of benzene rings is 3. The average Bonchev–Trinajstić information content (AvgIpc) is 3.13. The van der Waals surface area contributed by atoms with Crippen LogP contribution in [0, 0.1) is 20.8 Å². The fraction of sp³-hybridized carbons (Fsp3) is 0.231. The Bertz CT molecular complexity index is 1230. The van der Waals surface area contributed by atoms with Gasteiger partial charge in [0.05, 0.1) is 24.1 Å². The number of amides is 1. The van der Waals surface area contributed by atoms with Crippen LogP contribution in [0.1, 0.15) is 32.9 Å². The van der Waals surface area contributed by atoms with Gasteiger partial charge in [-0.15, -0.1) is 0 Å². The van der Waals surface area contributed by atoms with E-state index in [9.17, 15) is 4.79 Å². The molecule has 0 bridgehead atoms. The zero-order valence-corrected chi connectivity index (χ0v) is 18.2. The van der Waals surface area contributed by atoms with Crippen LogP contribution in [0.25, 0.3) is 11.0 Å². The molecule has 3 aromatic carbocycles. The molecule has 4 aromatic rings. The second-order valence-electron chi connectivity index (χ2n) is 7.71. The van der Waals surface area contributed by atoms with Gasteiger partial charge in [0.2, 0.25) is 0 Å². The summed E-state index contributed by atoms with van der Waals surface area (Å²) in [6.07, 6.45) is 0. The van der Waals surface area contributed by atoms with Crippen LogP contribution in [-0.2, 0) is 13.1 Å². The van der Waals surface area contributed by atoms with E-state index >= 15 is 0 Å². The van der Waals surface area contributed by atoms with Gasteiger partial charge in [-0.1, -0.05) is 42.5 Å². The number of nitrogens with zero attached hydrogens (tertiary/aromatic N) is 2. The molecule has 0 saturated heterocycles. The van der Waals surface area contributed by atoms with Crippen LogP contribution in [0.2, 0.25) is 0 Å². The molecule has 0 saturated carbocycles. The fourth-order valence-electron chi connectivity index (χ4n) is 3.72. The molecule has 5 nitrogen and oxygen atoms in total. The number of carbonyl (C=O) groups is 1. The van der Waals surface area contributed by atoms with E-state index in [1.807, 2.05) is 67.6 Å². The first-order valence-corrected chi connectivity index (χ1v) is 10.5. The number of fused-ring (bicyclic) bond motifs is 1. The molecule has 1 heterocycles. The van der Waals surface area contributed by atoms with E-state index in [4.69, 9.17) is 9.72 Å². The molecule has 0 aliphatic rings. The highest BCUT2D eigenvalue weighted by Crippen LogP contribution is 2.21. The molecule has 4 rings (SSSR count). The SMILES string of the molecule is Cc1ccccc1C(=O)NCc1nc2ccccc2n1CCOc1cccc(C)c1C. The predicted molar refractivity (Wildman–Crippen MR) is 123 cm³/mol. The normalized spacial score (nSPS) is 10.9. The van der Waals surface area contributed by atoms with Gasteiger partial charge >= 0.3 is 0 Å². The van der Waals surface area contributed by atoms with Gasteiger partial charge in [0.25, 0.3) is 5.91 Å². The number of hydrogen-bond acceptors (Lipinski definition) is 3. The summed E-state index contributed by atoms with van der Waals surface area (Å²) in [5.41, 5.74) is 5.95. The van der Waals surface area contributed by atoms with Gasteiger partial charge in [0, 0.05) is 5.56 Å². The van der Waals surface area contributed by atoms with E-state index in [2.05, 4.69) is 29.8 Å². The number of ether oxygens (including phenoxy) is 1. The lowest BCUT2D eigenvalue weighted by molar-refractivity contribution is 0.0949. The Hall–Kier alpha value is -3.60. The van der Waals surface area contributed by atoms with Gasteiger partial charge in [-0.25, -0.2) is 4.98 Å². The van der Waals surface area contributed by atoms with Crippen molar-refractivity contribution < 1.29 is 9.53 Å². The summed E-state index contributed by atoms with van der Waals surface area (Å²) in [5.74, 6) is 1.62. The van der Waals surface area contributed by atoms with Crippen LogP contribution < -0.4 is 10.1 Å². The Morgan fingerprint density at radius 1 is 0.935 bits per heavy atom. The van der Waals surface area contributed by atoms with Gasteiger partial charge in [-0.05, 0) is 61.7 Å². The summed E-state index contributed by atoms with van der Waals surface area (Å²) < 4.78 is 8.19. The van der Waals surface area contributed by atoms with E-state index in [0.717, 1.165) is 33.7 Å². The second kappa shape index (κ2) is 9.04. The average molecular weight is 414 g/mol. The topological polar surface area (TPSA) is 56.2 Å². The van der Waals surface area contributed by atoms with Crippen molar-refractivity contribution in [1.29, 1.82) is 0 Å². The second-order valence-corrected chi connectivity index (χ2v) is 7.71. The highest BCUT2D eigenvalue weighted by molar-refractivity contribution is 5.95. The maximum absolute atomic E-state index is 12.7. The first kappa shape index (κ1) is 20.7. The molecule has 1 aromatic heterocycles. The summed E-state index contributed by atoms with van der Waals surface area (Å²) in [5, 5.41) is 3.02. The van der Waals surface area contributed by atoms with Crippen LogP contribution in [-0.4, -0.2) is 22.1 Å². The maximum Gasteiger partial charge on any atom is 0.251 e. The van der Waals surface area contributed by atoms with Gasteiger partial charge in [-0.3, -0.25) is 4.79 Å². The quantitative estimate of drug-likeness (QED) is 0.465. The molecular formula is C26H27N3O2. The lowest BCUT2D eigenvalue weighted by Crippen LogP contribution is -2.26. The number of hydrogen-bond donors (Lipinski definition) is 1. The largest absolute Gasteiger partial charge is 0.491 e. The standard InChI is InChI=1S/C26H27N3O2/c1-18-10-8-14-24(20(18)3)31-16-15-29-23-13-7-6-12-22(23)28-25(29)17-27-26(30)21-11-5-4-9-19(21)2/h4-14H,15-17H2,1-3H3,(H,27,30). The minimum absolute atomic E-state index is 0.0941. The number of para-hydroxylation sites is 2. The lowest BCUT2D eigenvalue weighted by atomic mass is 10.1. The number of aromatic nitrogens is 2. The molecule has 1 amide bonds. The number of nitrogens with one attached hydrogen (secondary N) is 1. The summed E-state index contributed by atoms with van der Waals surface area (Å²) in [7, 11) is 0. The zero-order valence-electron chi connectivity index (χ0n) is 18.2. The maximum atomic E-state index is 12.7. The van der Waals surface area contributed by atoms with Gasteiger partial charge in [-0.2, -0.15) is 0 Å². The first-order chi connectivity index (χ1) is 15.0. The van der Waals surface area contributed by atoms with Crippen molar-refractivity contribution in [3.63, 3.8) is 0 Å². The number of aryl methyl sites for hydroxylation is 2. The molecule has 0 aliphatic carbocycles. The van der Waals surface area contributed by atoms with Crippen molar-refractivity contribution in [2.45, 2.75) is 33.9 Å². The molecule has 0 atom stereocenters. The smallest absolute Gasteiger partial charge is 0.251 e. The van der Waals surface area contributed by atoms with Crippen LogP contribution in [0.15, 0.2) is 66.7 Å². The molecule has 0 unspecified atom stereocenters. The van der Waals surface area contributed by atoms with Crippen LogP contribution in [0.5, 0.6) is 5.75 Å². The van der Waals surface area contributed by atoms with Crippen molar-refractivity contribution >= 4 is 16.9 Å². The Morgan fingerprint density at radius 3 is 2.52 bits per heavy atom. The lowest BCUT2D eigenvalue weighted by Gasteiger charge is -2.14. The molecule has 0 fully saturated rings. The third-order valence-corrected chi connectivity index (χ3v) is 5.66. The van der Waals surface area contributed by atoms with E-state index in [1.165, 1.54) is 5.56 Å². The minimum Gasteiger partial charge on any atom is -0.491 e. The molecule has 158 valence electrons. The van der Waals surface area contributed by atoms with E-state index in [-0.39, 0.29) is 5.91 Å². The van der Waals surface area contributed by atoms with E-state index < -0.39 is 0 Å². The first-order valence-electron chi connectivity index (χ1n) is 10.5. The Labute approximate surface area is 182 Å². The third kappa shape index (κ3) is 4.45. The van der Waals surface area contributed by atoms with E-state index in [1.54, 1.807) is 0 Å². The molecule has 5 heteroatoms. The van der Waals surface area contributed by atoms with E-state index in [0.29, 0.717) is 25.3 Å². The fourth-order valence-corrected chi connectivity index (χ4v) is 3.72. The van der Waals surface area contributed by atoms with Crippen molar-refractivity contribution in [1.82, 2.24) is 14.9 Å². The highest BCUT2D eigenvalue weighted by Gasteiger charge is 2.14. The molecule has 1 N–H and O–H groups in total. The van der Waals surface area contributed by atoms with Crippen LogP contribution >= 0.6 is 0 Å². The molecule has 0 radical (unpaired) electrons. The predicted octanol–water partition coefficient (Wildman–Crippen LogP) is 4.97. The number of imidazole rings is 1. The Kier molecular flexibility index (Phi) is 6.03. The number of rotatable bonds is 7. The zero-order chi connectivity index (χ0) is 21.8. The minimum atomic E-state index is -0.0941. The van der Waals surface area contributed by atoms with Crippen LogP contribution in [0.3, 0.4) is 0 Å². The van der Waals surface area contributed by atoms with Crippen molar-refractivity contribution in [2.24, 2.45) is 0 Å². The van der Waals surface area contributed by atoms with Crippen molar-refractivity contribution in [3.05, 3.63) is 94.8 Å². The summed E-state index contributed by atoms with van der Waals surface area (Å²) in [6.45, 7) is 7.61. The molecular weight excluding hydrogens is 386 g/mol. The Balaban J connectivity index is 1.51. The molecule has 31 heavy (non-hydrogen) atoms.